The minimum atomic E-state index is 0.248. The van der Waals surface area contributed by atoms with Crippen molar-refractivity contribution in [3.8, 4) is 0 Å². The molecule has 0 bridgehead atoms. The molecule has 0 atom stereocenters. The van der Waals surface area contributed by atoms with Crippen molar-refractivity contribution in [3.05, 3.63) is 24.8 Å². The minimum absolute atomic E-state index is 0.248. The van der Waals surface area contributed by atoms with E-state index in [0.717, 1.165) is 0 Å². The van der Waals surface area contributed by atoms with E-state index in [9.17, 15) is 0 Å². The number of hydrogen-bond donors (Lipinski definition) is 3. The Hall–Kier alpha value is -1.27. The Balaban J connectivity index is 0.000000202. The predicted molar refractivity (Wildman–Crippen MR) is 51.0 cm³/mol. The normalized spacial score (nSPS) is 7.75. The summed E-state index contributed by atoms with van der Waals surface area (Å²) in [5, 5.41) is 2.74. The van der Waals surface area contributed by atoms with Crippen LogP contribution in [-0.2, 0) is 0 Å². The van der Waals surface area contributed by atoms with Crippen molar-refractivity contribution in [2.45, 2.75) is 0 Å². The van der Waals surface area contributed by atoms with Crippen molar-refractivity contribution in [2.75, 3.05) is 6.67 Å². The molecule has 66 valence electrons. The maximum atomic E-state index is 4.95. The maximum absolute atomic E-state index is 4.95. The number of nitrogens with two attached hydrogens (primary N) is 2. The highest BCUT2D eigenvalue weighted by atomic mass is 32.1. The average molecular weight is 185 g/mol. The standard InChI is InChI=1S/C4H4N2.C2H7N3S/c1-2-5-4-6-3-1;3-1-5-2(4)6/h1-4H;1,3H2,(H3,4,5,6). The molecule has 1 heterocycles. The highest BCUT2D eigenvalue weighted by Gasteiger charge is 1.73. The molecule has 0 aliphatic carbocycles. The average Bonchev–Trinajstić information content (AvgIpc) is 2.08. The van der Waals surface area contributed by atoms with Gasteiger partial charge in [0, 0.05) is 12.4 Å². The molecule has 1 aromatic heterocycles. The van der Waals surface area contributed by atoms with E-state index in [2.05, 4.69) is 27.5 Å². The quantitative estimate of drug-likeness (QED) is 0.392. The summed E-state index contributed by atoms with van der Waals surface area (Å²) in [7, 11) is 0. The fourth-order valence-corrected chi connectivity index (χ4v) is 0.437. The summed E-state index contributed by atoms with van der Waals surface area (Å²) < 4.78 is 0. The summed E-state index contributed by atoms with van der Waals surface area (Å²) in [6, 6.07) is 1.78. The second-order valence-corrected chi connectivity index (χ2v) is 2.09. The number of hydrogen-bond acceptors (Lipinski definition) is 4. The zero-order valence-electron chi connectivity index (χ0n) is 6.47. The van der Waals surface area contributed by atoms with Gasteiger partial charge in [0.05, 0.1) is 6.67 Å². The molecule has 12 heavy (non-hydrogen) atoms. The van der Waals surface area contributed by atoms with Gasteiger partial charge < -0.3 is 16.8 Å². The molecular formula is C6H11N5S. The molecule has 0 spiro atoms. The summed E-state index contributed by atoms with van der Waals surface area (Å²) in [4.78, 5) is 7.35. The SMILES string of the molecule is NCNC(N)=S.c1cncnc1. The van der Waals surface area contributed by atoms with E-state index in [0.29, 0.717) is 6.67 Å². The molecule has 0 aliphatic rings. The van der Waals surface area contributed by atoms with E-state index in [-0.39, 0.29) is 5.11 Å². The van der Waals surface area contributed by atoms with Crippen LogP contribution in [0.1, 0.15) is 0 Å². The lowest BCUT2D eigenvalue weighted by atomic mass is 10.7. The van der Waals surface area contributed by atoms with Gasteiger partial charge in [-0.3, -0.25) is 0 Å². The first-order valence-electron chi connectivity index (χ1n) is 3.20. The van der Waals surface area contributed by atoms with E-state index in [1.54, 1.807) is 18.5 Å². The molecule has 5 nitrogen and oxygen atoms in total. The van der Waals surface area contributed by atoms with E-state index in [1.165, 1.54) is 6.33 Å². The van der Waals surface area contributed by atoms with Crippen LogP contribution in [-0.4, -0.2) is 21.7 Å². The summed E-state index contributed by atoms with van der Waals surface area (Å²) in [5.74, 6) is 0. The molecule has 0 radical (unpaired) electrons. The van der Waals surface area contributed by atoms with Crippen LogP contribution in [0.25, 0.3) is 0 Å². The molecule has 1 rings (SSSR count). The van der Waals surface area contributed by atoms with E-state index >= 15 is 0 Å². The van der Waals surface area contributed by atoms with Gasteiger partial charge in [-0.2, -0.15) is 0 Å². The molecule has 0 aliphatic heterocycles. The Morgan fingerprint density at radius 3 is 2.08 bits per heavy atom. The van der Waals surface area contributed by atoms with Crippen molar-refractivity contribution < 1.29 is 0 Å². The van der Waals surface area contributed by atoms with Gasteiger partial charge in [-0.05, 0) is 18.3 Å². The van der Waals surface area contributed by atoms with Crippen molar-refractivity contribution in [1.82, 2.24) is 15.3 Å². The van der Waals surface area contributed by atoms with E-state index in [4.69, 9.17) is 11.5 Å². The molecule has 1 aromatic rings. The zero-order chi connectivity index (χ0) is 9.23. The van der Waals surface area contributed by atoms with E-state index in [1.807, 2.05) is 0 Å². The number of nitrogens with zero attached hydrogens (tertiary/aromatic N) is 2. The maximum Gasteiger partial charge on any atom is 0.164 e. The smallest absolute Gasteiger partial charge is 0.164 e. The Bertz CT molecular complexity index is 176. The second-order valence-electron chi connectivity index (χ2n) is 1.65. The van der Waals surface area contributed by atoms with Crippen LogP contribution in [0.15, 0.2) is 24.8 Å². The zero-order valence-corrected chi connectivity index (χ0v) is 7.29. The van der Waals surface area contributed by atoms with Crippen LogP contribution >= 0.6 is 12.2 Å². The number of nitrogens with one attached hydrogen (secondary N) is 1. The topological polar surface area (TPSA) is 89.8 Å². The fourth-order valence-electron chi connectivity index (χ4n) is 0.354. The highest BCUT2D eigenvalue weighted by Crippen LogP contribution is 1.66. The summed E-state index contributed by atoms with van der Waals surface area (Å²) in [5.41, 5.74) is 9.89. The number of thiocarbonyl (C=S) groups is 1. The Morgan fingerprint density at radius 1 is 1.42 bits per heavy atom. The second kappa shape index (κ2) is 7.83. The van der Waals surface area contributed by atoms with Gasteiger partial charge in [-0.1, -0.05) is 0 Å². The van der Waals surface area contributed by atoms with Crippen LogP contribution < -0.4 is 16.8 Å². The summed E-state index contributed by atoms with van der Waals surface area (Å²) in [6.45, 7) is 0.315. The molecular weight excluding hydrogens is 174 g/mol. The Labute approximate surface area is 76.2 Å². The monoisotopic (exact) mass is 185 g/mol. The van der Waals surface area contributed by atoms with Gasteiger partial charge in [0.25, 0.3) is 0 Å². The van der Waals surface area contributed by atoms with Crippen molar-refractivity contribution >= 4 is 17.3 Å². The molecule has 0 saturated heterocycles. The first-order valence-corrected chi connectivity index (χ1v) is 3.61. The summed E-state index contributed by atoms with van der Waals surface area (Å²) in [6.07, 6.45) is 4.88. The molecule has 0 unspecified atom stereocenters. The van der Waals surface area contributed by atoms with Crippen LogP contribution in [0.4, 0.5) is 0 Å². The molecule has 0 amide bonds. The van der Waals surface area contributed by atoms with Crippen LogP contribution in [0.2, 0.25) is 0 Å². The van der Waals surface area contributed by atoms with Gasteiger partial charge in [-0.15, -0.1) is 0 Å². The molecule has 6 heteroatoms. The third-order valence-corrected chi connectivity index (χ3v) is 0.898. The van der Waals surface area contributed by atoms with Crippen molar-refractivity contribution in [1.29, 1.82) is 0 Å². The lowest BCUT2D eigenvalue weighted by Crippen LogP contribution is -2.33. The highest BCUT2D eigenvalue weighted by molar-refractivity contribution is 7.80. The molecule has 0 fully saturated rings. The number of aromatic nitrogens is 2. The third-order valence-electron chi connectivity index (χ3n) is 0.754. The van der Waals surface area contributed by atoms with Gasteiger partial charge in [0.1, 0.15) is 6.33 Å². The van der Waals surface area contributed by atoms with Crippen molar-refractivity contribution in [3.63, 3.8) is 0 Å². The molecule has 0 aromatic carbocycles. The largest absolute Gasteiger partial charge is 0.376 e. The van der Waals surface area contributed by atoms with Crippen molar-refractivity contribution in [2.24, 2.45) is 11.5 Å². The lowest BCUT2D eigenvalue weighted by Gasteiger charge is -1.93. The first-order chi connectivity index (χ1) is 5.77. The number of rotatable bonds is 1. The molecule has 5 N–H and O–H groups in total. The molecule has 0 saturated carbocycles. The predicted octanol–water partition coefficient (Wildman–Crippen LogP) is -0.788. The Morgan fingerprint density at radius 2 is 2.00 bits per heavy atom. The third kappa shape index (κ3) is 8.73. The van der Waals surface area contributed by atoms with Crippen LogP contribution in [0.3, 0.4) is 0 Å². The fraction of sp³-hybridized carbons (Fsp3) is 0.167. The van der Waals surface area contributed by atoms with Gasteiger partial charge >= 0.3 is 0 Å². The summed E-state index contributed by atoms with van der Waals surface area (Å²) >= 11 is 4.38. The van der Waals surface area contributed by atoms with Gasteiger partial charge in [-0.25, -0.2) is 9.97 Å². The first kappa shape index (κ1) is 10.7. The lowest BCUT2D eigenvalue weighted by molar-refractivity contribution is 0.932. The Kier molecular flexibility index (Phi) is 7.00. The van der Waals surface area contributed by atoms with Crippen LogP contribution in [0, 0.1) is 0 Å². The van der Waals surface area contributed by atoms with E-state index < -0.39 is 0 Å². The van der Waals surface area contributed by atoms with Gasteiger partial charge in [0.2, 0.25) is 0 Å². The minimum Gasteiger partial charge on any atom is -0.376 e. The van der Waals surface area contributed by atoms with Gasteiger partial charge in [0.15, 0.2) is 5.11 Å². The van der Waals surface area contributed by atoms with Crippen LogP contribution in [0.5, 0.6) is 0 Å².